The quantitative estimate of drug-likeness (QED) is 0.833. The molecule has 6 heteroatoms. The number of anilines is 1. The molecule has 2 aromatic rings. The van der Waals surface area contributed by atoms with Crippen LogP contribution in [0.4, 0.5) is 5.82 Å². The van der Waals surface area contributed by atoms with E-state index in [-0.39, 0.29) is 5.76 Å². The highest BCUT2D eigenvalue weighted by Crippen LogP contribution is 2.26. The first kappa shape index (κ1) is 15.7. The van der Waals surface area contributed by atoms with Crippen molar-refractivity contribution < 1.29 is 5.11 Å². The van der Waals surface area contributed by atoms with Crippen LogP contribution < -0.4 is 4.90 Å². The number of aromatic nitrogens is 2. The number of fused-ring (bicyclic) bond motifs is 1. The Kier molecular flexibility index (Phi) is 4.15. The van der Waals surface area contributed by atoms with Crippen molar-refractivity contribution >= 4 is 17.4 Å². The van der Waals surface area contributed by atoms with E-state index in [1.165, 1.54) is 17.5 Å². The Bertz CT molecular complexity index is 890. The molecule has 0 saturated carbocycles. The average molecular weight is 353 g/mol. The van der Waals surface area contributed by atoms with Gasteiger partial charge in [0.05, 0.1) is 5.70 Å². The molecule has 3 heterocycles. The number of nitrogens with zero attached hydrogens (tertiary/aromatic N) is 4. The summed E-state index contributed by atoms with van der Waals surface area (Å²) in [4.78, 5) is 12.1. The van der Waals surface area contributed by atoms with Crippen LogP contribution in [0.25, 0.3) is 0 Å². The summed E-state index contributed by atoms with van der Waals surface area (Å²) in [5.74, 6) is 0.879. The molecule has 1 N–H and O–H groups in total. The minimum atomic E-state index is 0.235. The summed E-state index contributed by atoms with van der Waals surface area (Å²) in [5, 5.41) is 10.9. The second-order valence-electron chi connectivity index (χ2n) is 5.95. The zero-order valence-electron chi connectivity index (χ0n) is 13.5. The molecular weight excluding hydrogens is 336 g/mol. The molecule has 2 aliphatic heterocycles. The number of aliphatic hydroxyl groups is 1. The number of hydrogen-bond acceptors (Lipinski definition) is 5. The highest BCUT2D eigenvalue weighted by molar-refractivity contribution is 6.29. The largest absolute Gasteiger partial charge is 0.506 e. The molecule has 0 fully saturated rings. The lowest BCUT2D eigenvalue weighted by Crippen LogP contribution is -2.30. The summed E-state index contributed by atoms with van der Waals surface area (Å²) < 4.78 is 0. The van der Waals surface area contributed by atoms with Crippen molar-refractivity contribution in [2.45, 2.75) is 13.0 Å². The van der Waals surface area contributed by atoms with Gasteiger partial charge < -0.3 is 14.9 Å². The molecule has 0 aliphatic carbocycles. The molecule has 4 rings (SSSR count). The normalized spacial score (nSPS) is 16.8. The van der Waals surface area contributed by atoms with Gasteiger partial charge in [0.15, 0.2) is 0 Å². The zero-order chi connectivity index (χ0) is 17.2. The van der Waals surface area contributed by atoms with E-state index in [9.17, 15) is 5.11 Å². The first-order chi connectivity index (χ1) is 12.2. The van der Waals surface area contributed by atoms with E-state index in [2.05, 4.69) is 39.1 Å². The van der Waals surface area contributed by atoms with E-state index >= 15 is 0 Å². The Labute approximate surface area is 151 Å². The third kappa shape index (κ3) is 3.23. The third-order valence-electron chi connectivity index (χ3n) is 4.40. The number of rotatable bonds is 2. The minimum absolute atomic E-state index is 0.235. The summed E-state index contributed by atoms with van der Waals surface area (Å²) in [6.07, 6.45) is 9.59. The average Bonchev–Trinajstić information content (AvgIpc) is 2.83. The number of benzene rings is 1. The van der Waals surface area contributed by atoms with Crippen LogP contribution in [0.1, 0.15) is 11.1 Å². The van der Waals surface area contributed by atoms with Crippen LogP contribution in [0, 0.1) is 0 Å². The fourth-order valence-corrected chi connectivity index (χ4v) is 3.25. The van der Waals surface area contributed by atoms with E-state index in [1.54, 1.807) is 23.2 Å². The summed E-state index contributed by atoms with van der Waals surface area (Å²) in [7, 11) is 0. The summed E-state index contributed by atoms with van der Waals surface area (Å²) >= 11 is 5.94. The molecule has 0 atom stereocenters. The molecule has 25 heavy (non-hydrogen) atoms. The maximum absolute atomic E-state index is 10.5. The van der Waals surface area contributed by atoms with Crippen molar-refractivity contribution in [3.8, 4) is 0 Å². The molecule has 0 amide bonds. The number of aliphatic hydroxyl groups excluding tert-OH is 1. The van der Waals surface area contributed by atoms with Gasteiger partial charge in [-0.05, 0) is 29.7 Å². The van der Waals surface area contributed by atoms with Crippen LogP contribution >= 0.6 is 11.6 Å². The molecule has 0 spiro atoms. The summed E-state index contributed by atoms with van der Waals surface area (Å²) in [6, 6.07) is 10.1. The lowest BCUT2D eigenvalue weighted by molar-refractivity contribution is 0.305. The van der Waals surface area contributed by atoms with Crippen LogP contribution in [0.15, 0.2) is 72.7 Å². The topological polar surface area (TPSA) is 52.5 Å². The van der Waals surface area contributed by atoms with Gasteiger partial charge in [0.1, 0.15) is 23.1 Å². The smallest absolute Gasteiger partial charge is 0.141 e. The van der Waals surface area contributed by atoms with Gasteiger partial charge in [-0.1, -0.05) is 35.9 Å². The van der Waals surface area contributed by atoms with E-state index in [0.29, 0.717) is 11.0 Å². The third-order valence-corrected chi connectivity index (χ3v) is 4.61. The Morgan fingerprint density at radius 2 is 1.84 bits per heavy atom. The summed E-state index contributed by atoms with van der Waals surface area (Å²) in [6.45, 7) is 1.65. The van der Waals surface area contributed by atoms with E-state index in [0.717, 1.165) is 25.2 Å². The van der Waals surface area contributed by atoms with Gasteiger partial charge in [0.25, 0.3) is 0 Å². The Hall–Kier alpha value is -2.79. The second kappa shape index (κ2) is 6.61. The highest BCUT2D eigenvalue weighted by atomic mass is 35.5. The van der Waals surface area contributed by atoms with Gasteiger partial charge >= 0.3 is 0 Å². The molecule has 5 nitrogen and oxygen atoms in total. The number of halogens is 1. The molecule has 0 unspecified atom stereocenters. The molecule has 2 aliphatic rings. The van der Waals surface area contributed by atoms with Crippen molar-refractivity contribution in [1.82, 2.24) is 14.9 Å². The SMILES string of the molecule is OC1=C(N2CCc3ccccc3C2)C=CN(c2cc(Cl)ncn2)C=C1. The Balaban J connectivity index is 1.59. The maximum atomic E-state index is 10.5. The maximum Gasteiger partial charge on any atom is 0.141 e. The number of allylic oxidation sites excluding steroid dienone is 2. The minimum Gasteiger partial charge on any atom is -0.506 e. The van der Waals surface area contributed by atoms with Crippen LogP contribution in [0.2, 0.25) is 5.15 Å². The Morgan fingerprint density at radius 3 is 2.68 bits per heavy atom. The molecular formula is C19H17ClN4O. The predicted octanol–water partition coefficient (Wildman–Crippen LogP) is 3.81. The van der Waals surface area contributed by atoms with Crippen LogP contribution in [-0.2, 0) is 13.0 Å². The van der Waals surface area contributed by atoms with Gasteiger partial charge in [0, 0.05) is 31.6 Å². The van der Waals surface area contributed by atoms with Gasteiger partial charge in [-0.25, -0.2) is 9.97 Å². The van der Waals surface area contributed by atoms with Gasteiger partial charge in [-0.3, -0.25) is 0 Å². The van der Waals surface area contributed by atoms with Gasteiger partial charge in [-0.15, -0.1) is 0 Å². The molecule has 1 aromatic carbocycles. The molecule has 0 radical (unpaired) electrons. The second-order valence-corrected chi connectivity index (χ2v) is 6.34. The van der Waals surface area contributed by atoms with Crippen molar-refractivity contribution in [2.75, 3.05) is 11.4 Å². The van der Waals surface area contributed by atoms with Crippen molar-refractivity contribution in [3.63, 3.8) is 0 Å². The van der Waals surface area contributed by atoms with Gasteiger partial charge in [-0.2, -0.15) is 0 Å². The summed E-state index contributed by atoms with van der Waals surface area (Å²) in [5.41, 5.74) is 3.48. The lowest BCUT2D eigenvalue weighted by atomic mass is 9.99. The van der Waals surface area contributed by atoms with E-state index in [1.807, 2.05) is 12.3 Å². The lowest BCUT2D eigenvalue weighted by Gasteiger charge is -2.31. The molecule has 126 valence electrons. The molecule has 1 aromatic heterocycles. The first-order valence-corrected chi connectivity index (χ1v) is 8.46. The fourth-order valence-electron chi connectivity index (χ4n) is 3.11. The standard InChI is InChI=1S/C19H17ClN4O/c20-18-11-19(22-13-21-18)23-9-6-16(17(25)7-10-23)24-8-5-14-3-1-2-4-15(14)12-24/h1-4,6-7,9-11,13,25H,5,8,12H2. The van der Waals surface area contributed by atoms with E-state index in [4.69, 9.17) is 11.6 Å². The van der Waals surface area contributed by atoms with Crippen molar-refractivity contribution in [2.24, 2.45) is 0 Å². The van der Waals surface area contributed by atoms with Crippen LogP contribution in [-0.4, -0.2) is 26.5 Å². The van der Waals surface area contributed by atoms with Gasteiger partial charge in [0.2, 0.25) is 0 Å². The first-order valence-electron chi connectivity index (χ1n) is 8.08. The molecule has 0 bridgehead atoms. The number of hydrogen-bond donors (Lipinski definition) is 1. The van der Waals surface area contributed by atoms with Crippen LogP contribution in [0.3, 0.4) is 0 Å². The van der Waals surface area contributed by atoms with E-state index < -0.39 is 0 Å². The van der Waals surface area contributed by atoms with Crippen LogP contribution in [0.5, 0.6) is 0 Å². The molecule has 0 saturated heterocycles. The monoisotopic (exact) mass is 352 g/mol. The zero-order valence-corrected chi connectivity index (χ0v) is 14.3. The predicted molar refractivity (Wildman–Crippen MR) is 98.0 cm³/mol. The highest BCUT2D eigenvalue weighted by Gasteiger charge is 2.20. The van der Waals surface area contributed by atoms with Crippen molar-refractivity contribution in [1.29, 1.82) is 0 Å². The fraction of sp³-hybridized carbons (Fsp3) is 0.158. The van der Waals surface area contributed by atoms with Crippen molar-refractivity contribution in [3.05, 3.63) is 88.9 Å². The Morgan fingerprint density at radius 1 is 1.04 bits per heavy atom.